The SMILES string of the molecule is CC(Nc1nccc(-c2nc(-c3cccc([C@]4(O)CCN(C)C4=O)c3)cs2)n1)c1ccn(C)n1. The zero-order valence-corrected chi connectivity index (χ0v) is 20.0. The van der Waals surface area contributed by atoms with E-state index in [4.69, 9.17) is 4.98 Å². The van der Waals surface area contributed by atoms with E-state index in [1.807, 2.05) is 55.9 Å². The third-order valence-corrected chi connectivity index (χ3v) is 6.91. The lowest BCUT2D eigenvalue weighted by molar-refractivity contribution is -0.143. The zero-order chi connectivity index (χ0) is 23.9. The number of amides is 1. The van der Waals surface area contributed by atoms with Gasteiger partial charge < -0.3 is 15.3 Å². The van der Waals surface area contributed by atoms with Crippen molar-refractivity contribution in [3.8, 4) is 22.0 Å². The molecule has 2 atom stereocenters. The van der Waals surface area contributed by atoms with Gasteiger partial charge in [0.25, 0.3) is 5.91 Å². The first-order valence-corrected chi connectivity index (χ1v) is 11.9. The van der Waals surface area contributed by atoms with Crippen LogP contribution < -0.4 is 5.32 Å². The number of thiazole rings is 1. The summed E-state index contributed by atoms with van der Waals surface area (Å²) in [4.78, 5) is 27.8. The molecule has 1 aromatic carbocycles. The van der Waals surface area contributed by atoms with Crippen LogP contribution in [0.5, 0.6) is 0 Å². The van der Waals surface area contributed by atoms with Gasteiger partial charge in [-0.15, -0.1) is 11.3 Å². The van der Waals surface area contributed by atoms with Crippen molar-refractivity contribution in [1.82, 2.24) is 29.6 Å². The standard InChI is InChI=1S/C24H25N7O2S/c1-15(18-8-11-31(3)29-18)26-23-25-10-7-19(28-23)21-27-20(14-34-21)16-5-4-6-17(13-16)24(33)9-12-30(2)22(24)32/h4-8,10-11,13-15,33H,9,12H2,1-3H3,(H,25,26,28)/t15?,24-/m1/s1. The molecule has 1 fully saturated rings. The van der Waals surface area contributed by atoms with Crippen LogP contribution in [-0.2, 0) is 17.4 Å². The molecule has 174 valence electrons. The minimum atomic E-state index is -1.48. The molecule has 0 saturated carbocycles. The fourth-order valence-electron chi connectivity index (χ4n) is 4.06. The summed E-state index contributed by atoms with van der Waals surface area (Å²) in [5.74, 6) is 0.227. The maximum absolute atomic E-state index is 12.5. The highest BCUT2D eigenvalue weighted by Crippen LogP contribution is 2.35. The Balaban J connectivity index is 1.38. The molecule has 2 N–H and O–H groups in total. The number of benzene rings is 1. The normalized spacial score (nSPS) is 18.9. The van der Waals surface area contributed by atoms with Crippen molar-refractivity contribution in [2.75, 3.05) is 18.9 Å². The lowest BCUT2D eigenvalue weighted by Gasteiger charge is -2.21. The summed E-state index contributed by atoms with van der Waals surface area (Å²) in [6.07, 6.45) is 3.98. The molecule has 1 aliphatic rings. The van der Waals surface area contributed by atoms with E-state index in [2.05, 4.69) is 20.4 Å². The molecule has 3 aromatic heterocycles. The molecule has 9 nitrogen and oxygen atoms in total. The van der Waals surface area contributed by atoms with Crippen molar-refractivity contribution < 1.29 is 9.90 Å². The minimum absolute atomic E-state index is 0.0470. The summed E-state index contributed by atoms with van der Waals surface area (Å²) in [7, 11) is 3.59. The molecule has 5 rings (SSSR count). The number of hydrogen-bond donors (Lipinski definition) is 2. The van der Waals surface area contributed by atoms with Gasteiger partial charge in [0, 0.05) is 50.4 Å². The van der Waals surface area contributed by atoms with E-state index in [-0.39, 0.29) is 11.9 Å². The summed E-state index contributed by atoms with van der Waals surface area (Å²) in [5.41, 5.74) is 2.32. The van der Waals surface area contributed by atoms with E-state index in [0.717, 1.165) is 22.0 Å². The van der Waals surface area contributed by atoms with Crippen molar-refractivity contribution >= 4 is 23.2 Å². The first-order chi connectivity index (χ1) is 16.3. The molecule has 10 heteroatoms. The van der Waals surface area contributed by atoms with Crippen LogP contribution in [0, 0.1) is 0 Å². The van der Waals surface area contributed by atoms with E-state index in [9.17, 15) is 9.90 Å². The molecule has 34 heavy (non-hydrogen) atoms. The smallest absolute Gasteiger partial charge is 0.258 e. The topological polar surface area (TPSA) is 109 Å². The fraction of sp³-hybridized carbons (Fsp3) is 0.292. The number of aromatic nitrogens is 5. The Kier molecular flexibility index (Phi) is 5.62. The van der Waals surface area contributed by atoms with Crippen LogP contribution in [0.25, 0.3) is 22.0 Å². The third kappa shape index (κ3) is 4.06. The van der Waals surface area contributed by atoms with Gasteiger partial charge in [-0.3, -0.25) is 9.48 Å². The van der Waals surface area contributed by atoms with Crippen LogP contribution >= 0.6 is 11.3 Å². The summed E-state index contributed by atoms with van der Waals surface area (Å²) in [6.45, 7) is 2.54. The van der Waals surface area contributed by atoms with Gasteiger partial charge in [0.1, 0.15) is 10.7 Å². The maximum atomic E-state index is 12.5. The number of aliphatic hydroxyl groups is 1. The van der Waals surface area contributed by atoms with Gasteiger partial charge in [-0.25, -0.2) is 15.0 Å². The molecule has 4 heterocycles. The van der Waals surface area contributed by atoms with Gasteiger partial charge in [-0.1, -0.05) is 18.2 Å². The average Bonchev–Trinajstić information content (AvgIpc) is 3.57. The summed E-state index contributed by atoms with van der Waals surface area (Å²) in [5, 5.41) is 21.4. The molecule has 1 aliphatic heterocycles. The van der Waals surface area contributed by atoms with Crippen LogP contribution in [0.15, 0.2) is 54.2 Å². The zero-order valence-electron chi connectivity index (χ0n) is 19.1. The number of anilines is 1. The monoisotopic (exact) mass is 475 g/mol. The lowest BCUT2D eigenvalue weighted by Crippen LogP contribution is -2.36. The molecule has 0 aliphatic carbocycles. The van der Waals surface area contributed by atoms with Crippen molar-refractivity contribution in [2.45, 2.75) is 25.0 Å². The molecule has 1 unspecified atom stereocenters. The molecule has 1 amide bonds. The lowest BCUT2D eigenvalue weighted by atomic mass is 9.90. The molecule has 1 saturated heterocycles. The third-order valence-electron chi connectivity index (χ3n) is 6.05. The second kappa shape index (κ2) is 8.62. The Bertz CT molecular complexity index is 1350. The molecule has 0 bridgehead atoms. The van der Waals surface area contributed by atoms with E-state index >= 15 is 0 Å². The maximum Gasteiger partial charge on any atom is 0.258 e. The number of likely N-dealkylation sites (tertiary alicyclic amines) is 1. The second-order valence-electron chi connectivity index (χ2n) is 8.50. The first kappa shape index (κ1) is 22.2. The Morgan fingerprint density at radius 1 is 1.18 bits per heavy atom. The van der Waals surface area contributed by atoms with E-state index < -0.39 is 5.60 Å². The van der Waals surface area contributed by atoms with Crippen LogP contribution in [0.4, 0.5) is 5.95 Å². The van der Waals surface area contributed by atoms with Gasteiger partial charge in [-0.2, -0.15) is 5.10 Å². The van der Waals surface area contributed by atoms with Crippen LogP contribution in [-0.4, -0.2) is 54.2 Å². The first-order valence-electron chi connectivity index (χ1n) is 11.0. The number of likely N-dealkylation sites (N-methyl/N-ethyl adjacent to an activating group) is 1. The molecule has 0 radical (unpaired) electrons. The number of carbonyl (C=O) groups is 1. The largest absolute Gasteiger partial charge is 0.375 e. The van der Waals surface area contributed by atoms with Crippen molar-refractivity contribution in [2.24, 2.45) is 7.05 Å². The number of rotatable bonds is 6. The van der Waals surface area contributed by atoms with E-state index in [1.165, 1.54) is 11.3 Å². The Hall–Kier alpha value is -3.63. The molecular weight excluding hydrogens is 450 g/mol. The highest BCUT2D eigenvalue weighted by molar-refractivity contribution is 7.13. The number of aryl methyl sites for hydroxylation is 1. The van der Waals surface area contributed by atoms with Gasteiger partial charge in [0.2, 0.25) is 5.95 Å². The summed E-state index contributed by atoms with van der Waals surface area (Å²) in [6, 6.07) is 11.1. The highest BCUT2D eigenvalue weighted by Gasteiger charge is 2.45. The predicted octanol–water partition coefficient (Wildman–Crippen LogP) is 3.22. The van der Waals surface area contributed by atoms with Crippen LogP contribution in [0.2, 0.25) is 0 Å². The van der Waals surface area contributed by atoms with Crippen LogP contribution in [0.3, 0.4) is 0 Å². The predicted molar refractivity (Wildman–Crippen MR) is 130 cm³/mol. The van der Waals surface area contributed by atoms with Crippen molar-refractivity contribution in [3.05, 3.63) is 65.4 Å². The number of nitrogens with zero attached hydrogens (tertiary/aromatic N) is 6. The highest BCUT2D eigenvalue weighted by atomic mass is 32.1. The fourth-order valence-corrected chi connectivity index (χ4v) is 4.86. The molecular formula is C24H25N7O2S. The number of hydrogen-bond acceptors (Lipinski definition) is 8. The Morgan fingerprint density at radius 3 is 2.76 bits per heavy atom. The second-order valence-corrected chi connectivity index (χ2v) is 9.36. The Morgan fingerprint density at radius 2 is 2.03 bits per heavy atom. The van der Waals surface area contributed by atoms with Gasteiger partial charge in [0.15, 0.2) is 5.60 Å². The van der Waals surface area contributed by atoms with Gasteiger partial charge >= 0.3 is 0 Å². The average molecular weight is 476 g/mol. The van der Waals surface area contributed by atoms with Crippen LogP contribution in [0.1, 0.15) is 30.6 Å². The number of carbonyl (C=O) groups excluding carboxylic acids is 1. The van der Waals surface area contributed by atoms with Gasteiger partial charge in [0.05, 0.1) is 17.4 Å². The quantitative estimate of drug-likeness (QED) is 0.441. The summed E-state index contributed by atoms with van der Waals surface area (Å²) >= 11 is 1.48. The van der Waals surface area contributed by atoms with E-state index in [1.54, 1.807) is 28.9 Å². The minimum Gasteiger partial charge on any atom is -0.375 e. The summed E-state index contributed by atoms with van der Waals surface area (Å²) < 4.78 is 1.76. The van der Waals surface area contributed by atoms with E-state index in [0.29, 0.717) is 30.2 Å². The van der Waals surface area contributed by atoms with Gasteiger partial charge in [-0.05, 0) is 30.7 Å². The van der Waals surface area contributed by atoms with Crippen molar-refractivity contribution in [1.29, 1.82) is 0 Å². The molecule has 4 aromatic rings. The Labute approximate surface area is 201 Å². The van der Waals surface area contributed by atoms with Crippen molar-refractivity contribution in [3.63, 3.8) is 0 Å². The molecule has 0 spiro atoms. The number of nitrogens with one attached hydrogen (secondary N) is 1.